The summed E-state index contributed by atoms with van der Waals surface area (Å²) in [4.78, 5) is 14.4. The molecular formula is C41H31NO7P2. The lowest BCUT2D eigenvalue weighted by Gasteiger charge is -2.22. The van der Waals surface area contributed by atoms with Crippen LogP contribution in [0, 0.1) is 6.92 Å². The maximum Gasteiger partial charge on any atom is 0.530 e. The highest BCUT2D eigenvalue weighted by atomic mass is 31.2. The number of carbonyl (C=O) groups is 1. The first-order chi connectivity index (χ1) is 24.6. The zero-order valence-electron chi connectivity index (χ0n) is 26.5. The van der Waals surface area contributed by atoms with Gasteiger partial charge in [-0.1, -0.05) is 104 Å². The molecule has 1 N–H and O–H groups in total. The number of benzene rings is 7. The second kappa shape index (κ2) is 13.5. The number of aryl methyl sites for hydroxylation is 1. The number of rotatable bonds is 7. The number of anilines is 1. The average molecular weight is 712 g/mol. The summed E-state index contributed by atoms with van der Waals surface area (Å²) in [6.07, 6.45) is 0. The monoisotopic (exact) mass is 711 g/mol. The van der Waals surface area contributed by atoms with Crippen molar-refractivity contribution in [3.8, 4) is 45.6 Å². The average Bonchev–Trinajstić information content (AvgIpc) is 3.75. The van der Waals surface area contributed by atoms with E-state index in [2.05, 4.69) is 5.32 Å². The Morgan fingerprint density at radius 1 is 0.569 bits per heavy atom. The van der Waals surface area contributed by atoms with Crippen LogP contribution in [0.2, 0.25) is 0 Å². The molecule has 7 aromatic carbocycles. The van der Waals surface area contributed by atoms with E-state index >= 15 is 0 Å². The molecule has 0 saturated heterocycles. The first-order valence-electron chi connectivity index (χ1n) is 15.9. The van der Waals surface area contributed by atoms with Gasteiger partial charge in [-0.05, 0) is 77.0 Å². The molecular weight excluding hydrogens is 680 g/mol. The molecule has 252 valence electrons. The van der Waals surface area contributed by atoms with Gasteiger partial charge in [0.25, 0.3) is 5.91 Å². The molecule has 0 unspecified atom stereocenters. The van der Waals surface area contributed by atoms with E-state index < -0.39 is 17.2 Å². The second-order valence-corrected chi connectivity index (χ2v) is 13.7. The van der Waals surface area contributed by atoms with Gasteiger partial charge >= 0.3 is 17.2 Å². The van der Waals surface area contributed by atoms with E-state index in [0.717, 1.165) is 27.1 Å². The second-order valence-electron chi connectivity index (χ2n) is 11.7. The Kier molecular flexibility index (Phi) is 8.57. The van der Waals surface area contributed by atoms with Gasteiger partial charge in [0.1, 0.15) is 5.75 Å². The number of para-hydroxylation sites is 4. The molecule has 0 spiro atoms. The molecule has 0 bridgehead atoms. The van der Waals surface area contributed by atoms with Crippen LogP contribution in [0.15, 0.2) is 140 Å². The summed E-state index contributed by atoms with van der Waals surface area (Å²) in [7, 11) is -3.81. The van der Waals surface area contributed by atoms with Crippen molar-refractivity contribution in [1.82, 2.24) is 0 Å². The molecule has 0 radical (unpaired) electrons. The van der Waals surface area contributed by atoms with Gasteiger partial charge in [0.2, 0.25) is 0 Å². The summed E-state index contributed by atoms with van der Waals surface area (Å²) in [5.41, 5.74) is 3.38. The Morgan fingerprint density at radius 3 is 1.69 bits per heavy atom. The molecule has 2 aliphatic rings. The van der Waals surface area contributed by atoms with Crippen LogP contribution in [0.4, 0.5) is 5.69 Å². The normalized spacial score (nSPS) is 13.2. The van der Waals surface area contributed by atoms with Crippen molar-refractivity contribution in [3.05, 3.63) is 151 Å². The third-order valence-electron chi connectivity index (χ3n) is 8.43. The summed E-state index contributed by atoms with van der Waals surface area (Å²) in [5, 5.41) is 6.59. The number of hydrogen-bond acceptors (Lipinski definition) is 7. The van der Waals surface area contributed by atoms with Crippen LogP contribution in [-0.2, 0) is 0 Å². The fourth-order valence-electron chi connectivity index (χ4n) is 6.05. The molecule has 2 aliphatic heterocycles. The van der Waals surface area contributed by atoms with Crippen molar-refractivity contribution in [2.75, 3.05) is 5.32 Å². The molecule has 0 atom stereocenters. The molecule has 7 aromatic rings. The number of hydrogen-bond donors (Lipinski definition) is 1. The van der Waals surface area contributed by atoms with Crippen LogP contribution in [-0.4, -0.2) is 5.91 Å². The molecule has 0 aromatic heterocycles. The molecule has 0 saturated carbocycles. The molecule has 0 fully saturated rings. The first kappa shape index (κ1) is 32.4. The summed E-state index contributed by atoms with van der Waals surface area (Å²) in [5.74, 6) is 2.80. The third kappa shape index (κ3) is 6.14. The quantitative estimate of drug-likeness (QED) is 0.165. The van der Waals surface area contributed by atoms with Gasteiger partial charge in [-0.15, -0.1) is 0 Å². The molecule has 0 aliphatic carbocycles. The number of fused-ring (bicyclic) bond motifs is 4. The van der Waals surface area contributed by atoms with Crippen LogP contribution in [0.3, 0.4) is 0 Å². The van der Waals surface area contributed by atoms with Crippen molar-refractivity contribution in [2.24, 2.45) is 0 Å². The summed E-state index contributed by atoms with van der Waals surface area (Å²) < 4.78 is 37.8. The molecule has 1 amide bonds. The van der Waals surface area contributed by atoms with E-state index in [-0.39, 0.29) is 19.1 Å². The van der Waals surface area contributed by atoms with Crippen LogP contribution in [0.25, 0.3) is 32.7 Å². The highest BCUT2D eigenvalue weighted by Gasteiger charge is 2.35. The lowest BCUT2D eigenvalue weighted by molar-refractivity contribution is 0.102. The van der Waals surface area contributed by atoms with Gasteiger partial charge < -0.3 is 32.5 Å². The highest BCUT2D eigenvalue weighted by molar-refractivity contribution is 7.43. The van der Waals surface area contributed by atoms with E-state index in [1.54, 1.807) is 0 Å². The predicted octanol–water partition coefficient (Wildman–Crippen LogP) is 12.0. The van der Waals surface area contributed by atoms with Gasteiger partial charge in [-0.25, -0.2) is 0 Å². The molecule has 10 heteroatoms. The highest BCUT2D eigenvalue weighted by Crippen LogP contribution is 2.58. The van der Waals surface area contributed by atoms with Crippen molar-refractivity contribution < 1.29 is 31.9 Å². The summed E-state index contributed by atoms with van der Waals surface area (Å²) >= 11 is 0. The van der Waals surface area contributed by atoms with E-state index in [1.165, 1.54) is 0 Å². The fourth-order valence-corrected chi connectivity index (χ4v) is 8.17. The molecule has 51 heavy (non-hydrogen) atoms. The smallest absolute Gasteiger partial charge is 0.408 e. The summed E-state index contributed by atoms with van der Waals surface area (Å²) in [6.45, 7) is 2.00. The number of amides is 1. The minimum absolute atomic E-state index is 0. The molecule has 2 heterocycles. The maximum absolute atomic E-state index is 14.4. The van der Waals surface area contributed by atoms with Gasteiger partial charge in [0.05, 0.1) is 5.56 Å². The van der Waals surface area contributed by atoms with Crippen molar-refractivity contribution >= 4 is 50.3 Å². The van der Waals surface area contributed by atoms with E-state index in [0.29, 0.717) is 51.1 Å². The van der Waals surface area contributed by atoms with E-state index in [1.807, 2.05) is 146 Å². The van der Waals surface area contributed by atoms with Crippen LogP contribution >= 0.6 is 17.2 Å². The van der Waals surface area contributed by atoms with Crippen LogP contribution in [0.1, 0.15) is 23.3 Å². The first-order valence-corrected chi connectivity index (χ1v) is 18.1. The largest absolute Gasteiger partial charge is 0.530 e. The predicted molar refractivity (Wildman–Crippen MR) is 203 cm³/mol. The number of nitrogens with one attached hydrogen (secondary N) is 1. The van der Waals surface area contributed by atoms with Crippen molar-refractivity contribution in [3.63, 3.8) is 0 Å². The van der Waals surface area contributed by atoms with E-state index in [9.17, 15) is 4.79 Å². The topological polar surface area (TPSA) is 84.5 Å². The van der Waals surface area contributed by atoms with Gasteiger partial charge in [-0.2, -0.15) is 0 Å². The third-order valence-corrected chi connectivity index (χ3v) is 10.5. The minimum atomic E-state index is -1.98. The SMILES string of the molecule is C.Cc1ccc(NC(=O)c2cc3ccccc3c(-c3c(OP4Oc5ccccc5O4)ccc4ccccc34)c2OP2Oc3ccccc3O2)cc1. The van der Waals surface area contributed by atoms with E-state index in [4.69, 9.17) is 27.1 Å². The standard InChI is InChI=1S/C40H27NO7P2.CH4/c1-25-18-21-28(22-19-25)41-40(42)31-24-27-11-3-5-13-30(27)38(39(31)48-50-45-34-16-8-9-17-35(34)46-50)37-29-12-4-2-10-26(29)20-23-36(37)47-49-43-32-14-6-7-15-33(32)44-49;/h2-24H,1H3,(H,41,42);1H4. The minimum Gasteiger partial charge on any atom is -0.408 e. The van der Waals surface area contributed by atoms with Crippen LogP contribution < -0.4 is 32.5 Å². The van der Waals surface area contributed by atoms with Gasteiger partial charge in [0, 0.05) is 16.8 Å². The van der Waals surface area contributed by atoms with Crippen molar-refractivity contribution in [2.45, 2.75) is 14.4 Å². The Balaban J connectivity index is 0.00000374. The zero-order valence-corrected chi connectivity index (χ0v) is 28.3. The molecule has 9 rings (SSSR count). The zero-order chi connectivity index (χ0) is 33.6. The lowest BCUT2D eigenvalue weighted by Crippen LogP contribution is -2.14. The Bertz CT molecular complexity index is 2390. The van der Waals surface area contributed by atoms with Gasteiger partial charge in [0.15, 0.2) is 28.7 Å². The Hall–Kier alpha value is -5.81. The molecule has 8 nitrogen and oxygen atoms in total. The lowest BCUT2D eigenvalue weighted by atomic mass is 9.90. The van der Waals surface area contributed by atoms with Gasteiger partial charge in [-0.3, -0.25) is 4.79 Å². The Labute approximate surface area is 297 Å². The van der Waals surface area contributed by atoms with Crippen LogP contribution in [0.5, 0.6) is 34.5 Å². The fraction of sp³-hybridized carbons (Fsp3) is 0.0488. The maximum atomic E-state index is 14.4. The Morgan fingerprint density at radius 2 is 1.08 bits per heavy atom. The number of carbonyl (C=O) groups excluding carboxylic acids is 1. The summed E-state index contributed by atoms with van der Waals surface area (Å²) in [6, 6.07) is 44.1. The van der Waals surface area contributed by atoms with Crippen molar-refractivity contribution in [1.29, 1.82) is 0 Å².